The van der Waals surface area contributed by atoms with Crippen LogP contribution in [0, 0.1) is 0 Å². The number of nitrogens with zero attached hydrogens (tertiary/aromatic N) is 2. The molecule has 0 aliphatic heterocycles. The van der Waals surface area contributed by atoms with Gasteiger partial charge in [0.25, 0.3) is 5.91 Å². The molecule has 3 aromatic rings. The number of nitrogens with one attached hydrogen (secondary N) is 1. The van der Waals surface area contributed by atoms with Gasteiger partial charge in [0, 0.05) is 24.2 Å². The van der Waals surface area contributed by atoms with E-state index in [0.717, 1.165) is 16.7 Å². The Hall–Kier alpha value is -2.32. The molecule has 2 aromatic carbocycles. The molecule has 1 heterocycles. The van der Waals surface area contributed by atoms with Gasteiger partial charge in [-0.1, -0.05) is 36.4 Å². The molecule has 0 saturated carbocycles. The van der Waals surface area contributed by atoms with Crippen molar-refractivity contribution in [1.29, 1.82) is 0 Å². The van der Waals surface area contributed by atoms with Gasteiger partial charge in [0.1, 0.15) is 0 Å². The summed E-state index contributed by atoms with van der Waals surface area (Å²) >= 11 is 1.52. The number of hydrogen-bond donors (Lipinski definition) is 1. The minimum Gasteiger partial charge on any atom is -0.548 e. The average molecular weight is 444 g/mol. The first-order valence-corrected chi connectivity index (χ1v) is 10.8. The zero-order valence-corrected chi connectivity index (χ0v) is 20.3. The van der Waals surface area contributed by atoms with Crippen molar-refractivity contribution in [3.05, 3.63) is 78.4 Å². The van der Waals surface area contributed by atoms with E-state index < -0.39 is 17.9 Å². The number of amides is 1. The average Bonchev–Trinajstić information content (AvgIpc) is 3.29. The van der Waals surface area contributed by atoms with Crippen LogP contribution in [0.15, 0.2) is 67.3 Å². The fourth-order valence-corrected chi connectivity index (χ4v) is 3.44. The molecule has 0 fully saturated rings. The van der Waals surface area contributed by atoms with Crippen molar-refractivity contribution in [2.24, 2.45) is 0 Å². The Bertz CT molecular complexity index is 1020. The van der Waals surface area contributed by atoms with Crippen LogP contribution in [0.25, 0.3) is 23.4 Å². The molecule has 0 saturated heterocycles. The normalized spacial score (nSPS) is 11.6. The van der Waals surface area contributed by atoms with Crippen LogP contribution in [0.2, 0.25) is 0 Å². The summed E-state index contributed by atoms with van der Waals surface area (Å²) in [4.78, 5) is 28.4. The second-order valence-corrected chi connectivity index (χ2v) is 7.61. The molecule has 0 radical (unpaired) electrons. The molecule has 0 aliphatic carbocycles. The van der Waals surface area contributed by atoms with E-state index in [4.69, 9.17) is 0 Å². The third kappa shape index (κ3) is 7.11. The summed E-state index contributed by atoms with van der Waals surface area (Å²) in [7, 11) is 0. The number of carboxylic acid groups (broad SMARTS) is 1. The van der Waals surface area contributed by atoms with Gasteiger partial charge in [-0.15, -0.1) is 0 Å². The van der Waals surface area contributed by atoms with Crippen molar-refractivity contribution in [2.45, 2.75) is 12.5 Å². The van der Waals surface area contributed by atoms with Crippen LogP contribution >= 0.6 is 11.8 Å². The van der Waals surface area contributed by atoms with Gasteiger partial charge in [0.05, 0.1) is 18.3 Å². The number of carboxylic acids is 1. The Morgan fingerprint density at radius 2 is 2.00 bits per heavy atom. The van der Waals surface area contributed by atoms with Crippen LogP contribution in [0.4, 0.5) is 0 Å². The first-order valence-electron chi connectivity index (χ1n) is 9.44. The first kappa shape index (κ1) is 24.9. The molecule has 3 rings (SSSR count). The Balaban J connectivity index is 0.00000341. The van der Waals surface area contributed by atoms with Gasteiger partial charge in [-0.25, -0.2) is 4.98 Å². The molecule has 1 amide bonds. The van der Waals surface area contributed by atoms with E-state index in [0.29, 0.717) is 17.7 Å². The third-order valence-electron chi connectivity index (χ3n) is 4.54. The number of imidazole rings is 1. The molecule has 1 N–H and O–H groups in total. The summed E-state index contributed by atoms with van der Waals surface area (Å²) in [6, 6.07) is 13.9. The van der Waals surface area contributed by atoms with E-state index in [2.05, 4.69) is 10.3 Å². The van der Waals surface area contributed by atoms with Crippen LogP contribution in [0.3, 0.4) is 0 Å². The predicted molar refractivity (Wildman–Crippen MR) is 119 cm³/mol. The molecular weight excluding hydrogens is 421 g/mol. The van der Waals surface area contributed by atoms with Crippen molar-refractivity contribution >= 4 is 35.9 Å². The van der Waals surface area contributed by atoms with Crippen LogP contribution in [-0.2, 0) is 4.79 Å². The van der Waals surface area contributed by atoms with Crippen LogP contribution in [0.1, 0.15) is 22.3 Å². The van der Waals surface area contributed by atoms with E-state index in [1.54, 1.807) is 18.6 Å². The van der Waals surface area contributed by atoms with Gasteiger partial charge in [0.2, 0.25) is 0 Å². The molecule has 8 heteroatoms. The fourth-order valence-electron chi connectivity index (χ4n) is 2.97. The molecule has 1 unspecified atom stereocenters. The van der Waals surface area contributed by atoms with E-state index in [-0.39, 0.29) is 29.6 Å². The molecule has 154 valence electrons. The van der Waals surface area contributed by atoms with Crippen molar-refractivity contribution in [3.8, 4) is 11.1 Å². The molecular formula is C23H22N3NaO3S. The van der Waals surface area contributed by atoms with Crippen LogP contribution in [0.5, 0.6) is 0 Å². The number of aliphatic carboxylic acids is 1. The van der Waals surface area contributed by atoms with Crippen molar-refractivity contribution in [1.82, 2.24) is 14.9 Å². The number of aromatic nitrogens is 2. The van der Waals surface area contributed by atoms with Gasteiger partial charge >= 0.3 is 29.6 Å². The number of carbonyl (C=O) groups excluding carboxylic acids is 2. The molecule has 0 spiro atoms. The van der Waals surface area contributed by atoms with E-state index in [9.17, 15) is 14.7 Å². The summed E-state index contributed by atoms with van der Waals surface area (Å²) in [6.45, 7) is 0. The van der Waals surface area contributed by atoms with Gasteiger partial charge in [-0.05, 0) is 53.3 Å². The Morgan fingerprint density at radius 3 is 2.65 bits per heavy atom. The molecule has 1 aromatic heterocycles. The second kappa shape index (κ2) is 12.5. The Labute approximate surface area is 208 Å². The summed E-state index contributed by atoms with van der Waals surface area (Å²) in [5.41, 5.74) is 2.91. The van der Waals surface area contributed by atoms with Gasteiger partial charge < -0.3 is 19.8 Å². The summed E-state index contributed by atoms with van der Waals surface area (Å²) in [6.07, 6.45) is 11.2. The first-order chi connectivity index (χ1) is 14.6. The zero-order valence-electron chi connectivity index (χ0n) is 17.5. The second-order valence-electron chi connectivity index (χ2n) is 6.62. The monoisotopic (exact) mass is 443 g/mol. The quantitative estimate of drug-likeness (QED) is 0.463. The maximum absolute atomic E-state index is 12.9. The molecule has 31 heavy (non-hydrogen) atoms. The van der Waals surface area contributed by atoms with E-state index in [1.807, 2.05) is 71.8 Å². The van der Waals surface area contributed by atoms with Crippen molar-refractivity contribution < 1.29 is 44.3 Å². The summed E-state index contributed by atoms with van der Waals surface area (Å²) < 4.78 is 1.82. The van der Waals surface area contributed by atoms with E-state index >= 15 is 0 Å². The maximum atomic E-state index is 12.9. The van der Waals surface area contributed by atoms with Gasteiger partial charge in [-0.2, -0.15) is 11.8 Å². The number of benzene rings is 2. The Kier molecular flexibility index (Phi) is 10.1. The maximum Gasteiger partial charge on any atom is 1.00 e. The van der Waals surface area contributed by atoms with E-state index in [1.165, 1.54) is 11.8 Å². The van der Waals surface area contributed by atoms with Gasteiger partial charge in [0.15, 0.2) is 0 Å². The smallest absolute Gasteiger partial charge is 0.548 e. The standard InChI is InChI=1S/C23H23N3O3S.Na/c1-30-14-10-21(23(28)29)25-22(27)19-8-7-17(9-12-26-13-11-24-16-26)15-20(19)18-5-3-2-4-6-18;/h2-9,11-13,15-16,21H,10,14H2,1H3,(H,25,27)(H,28,29);/q;+1/p-1/b12-9+;. The molecule has 6 nitrogen and oxygen atoms in total. The van der Waals surface area contributed by atoms with Crippen molar-refractivity contribution in [2.75, 3.05) is 12.0 Å². The largest absolute Gasteiger partial charge is 1.00 e. The molecule has 1 atom stereocenters. The van der Waals surface area contributed by atoms with Gasteiger partial charge in [-0.3, -0.25) is 4.79 Å². The number of rotatable bonds is 9. The molecule has 0 aliphatic rings. The predicted octanol–water partition coefficient (Wildman–Crippen LogP) is -0.217. The SMILES string of the molecule is CSCCC(NC(=O)c1ccc(/C=C/n2ccnc2)cc1-c1ccccc1)C(=O)[O-].[Na+]. The molecule has 0 bridgehead atoms. The summed E-state index contributed by atoms with van der Waals surface area (Å²) in [5.74, 6) is -1.10. The number of carbonyl (C=O) groups is 2. The van der Waals surface area contributed by atoms with Crippen molar-refractivity contribution in [3.63, 3.8) is 0 Å². The Morgan fingerprint density at radius 1 is 1.23 bits per heavy atom. The zero-order chi connectivity index (χ0) is 21.3. The number of hydrogen-bond acceptors (Lipinski definition) is 5. The minimum atomic E-state index is -1.28. The number of thioether (sulfide) groups is 1. The third-order valence-corrected chi connectivity index (χ3v) is 5.18. The van der Waals surface area contributed by atoms with Crippen LogP contribution in [-0.4, -0.2) is 39.5 Å². The minimum absolute atomic E-state index is 0. The van der Waals surface area contributed by atoms with Crippen LogP contribution < -0.4 is 40.0 Å². The fraction of sp³-hybridized carbons (Fsp3) is 0.174. The summed E-state index contributed by atoms with van der Waals surface area (Å²) in [5, 5.41) is 14.0. The topological polar surface area (TPSA) is 87.0 Å².